The number of hydrogen-bond acceptors (Lipinski definition) is 5. The Hall–Kier alpha value is -1.14. The van der Waals surface area contributed by atoms with Crippen LogP contribution in [0.1, 0.15) is 101 Å². The number of hydrogen-bond donors (Lipinski definition) is 1. The van der Waals surface area contributed by atoms with Crippen molar-refractivity contribution in [1.29, 1.82) is 0 Å². The molecule has 0 spiro atoms. The van der Waals surface area contributed by atoms with Crippen molar-refractivity contribution < 1.29 is 29.2 Å². The third-order valence-electron chi connectivity index (χ3n) is 4.58. The molecule has 0 aromatic heterocycles. The Kier molecular flexibility index (Phi) is 14.5. The topological polar surface area (TPSA) is 82.1 Å². The number of unbranched alkanes of at least 4 members (excludes halogenated alkanes) is 1. The van der Waals surface area contributed by atoms with Gasteiger partial charge in [0.25, 0.3) is 0 Å². The van der Waals surface area contributed by atoms with Crippen LogP contribution in [0.4, 0.5) is 0 Å². The molecule has 6 nitrogen and oxygen atoms in total. The summed E-state index contributed by atoms with van der Waals surface area (Å²) in [5, 5.41) is 8.45. The summed E-state index contributed by atoms with van der Waals surface area (Å²) in [5.41, 5.74) is -0.736. The molecule has 0 aliphatic carbocycles. The first-order valence-electron chi connectivity index (χ1n) is 10.2. The summed E-state index contributed by atoms with van der Waals surface area (Å²) in [7, 11) is 0. The van der Waals surface area contributed by atoms with Gasteiger partial charge in [0.1, 0.15) is 5.60 Å². The molecule has 0 rings (SSSR count). The molecule has 0 aliphatic heterocycles. The molecule has 2 atom stereocenters. The molecule has 0 aliphatic rings. The van der Waals surface area contributed by atoms with Crippen LogP contribution < -0.4 is 0 Å². The average Bonchev–Trinajstić information content (AvgIpc) is 2.60. The lowest BCUT2D eigenvalue weighted by Gasteiger charge is -2.26. The molecule has 0 aromatic carbocycles. The van der Waals surface area contributed by atoms with E-state index in [0.29, 0.717) is 0 Å². The first-order chi connectivity index (χ1) is 12.4. The number of carboxylic acids is 1. The Balaban J connectivity index is 0. The predicted octanol–water partition coefficient (Wildman–Crippen LogP) is 5.53. The highest BCUT2D eigenvalue weighted by Gasteiger charge is 2.25. The maximum Gasteiger partial charge on any atom is 0.335 e. The number of rotatable bonds is 12. The molecule has 162 valence electrons. The van der Waals surface area contributed by atoms with Crippen molar-refractivity contribution in [3.05, 3.63) is 0 Å². The van der Waals surface area contributed by atoms with E-state index in [0.717, 1.165) is 38.5 Å². The first kappa shape index (κ1) is 28.1. The van der Waals surface area contributed by atoms with Crippen LogP contribution in [0.5, 0.6) is 0 Å². The average molecular weight is 391 g/mol. The lowest BCUT2D eigenvalue weighted by Crippen LogP contribution is -2.30. The molecule has 2 unspecified atom stereocenters. The van der Waals surface area contributed by atoms with E-state index < -0.39 is 17.7 Å². The van der Waals surface area contributed by atoms with Crippen molar-refractivity contribution in [1.82, 2.24) is 0 Å². The highest BCUT2D eigenvalue weighted by Crippen LogP contribution is 2.20. The molecule has 0 heterocycles. The Bertz CT molecular complexity index is 417. The highest BCUT2D eigenvalue weighted by molar-refractivity contribution is 5.72. The smallest absolute Gasteiger partial charge is 0.335 e. The third-order valence-corrected chi connectivity index (χ3v) is 4.58. The molecule has 6 heteroatoms. The second kappa shape index (κ2) is 13.9. The molecule has 0 saturated heterocycles. The maximum atomic E-state index is 11.8. The van der Waals surface area contributed by atoms with Gasteiger partial charge in [0.15, 0.2) is 6.10 Å². The molecule has 0 bridgehead atoms. The number of esters is 1. The van der Waals surface area contributed by atoms with Crippen LogP contribution in [-0.4, -0.2) is 34.4 Å². The molecule has 1 N–H and O–H groups in total. The molecule has 0 fully saturated rings. The van der Waals surface area contributed by atoms with E-state index >= 15 is 0 Å². The van der Waals surface area contributed by atoms with Crippen molar-refractivity contribution in [3.63, 3.8) is 0 Å². The van der Waals surface area contributed by atoms with E-state index in [9.17, 15) is 9.59 Å². The number of aliphatic carboxylic acids is 1. The number of carbonyl (C=O) groups excluding carboxylic acids is 1. The number of carboxylic acid groups (broad SMARTS) is 1. The summed E-state index contributed by atoms with van der Waals surface area (Å²) in [6.07, 6.45) is 4.81. The predicted molar refractivity (Wildman–Crippen MR) is 107 cm³/mol. The van der Waals surface area contributed by atoms with Gasteiger partial charge in [-0.1, -0.05) is 40.5 Å². The van der Waals surface area contributed by atoms with Crippen LogP contribution in [0.25, 0.3) is 0 Å². The van der Waals surface area contributed by atoms with E-state index in [-0.39, 0.29) is 17.5 Å². The van der Waals surface area contributed by atoms with E-state index in [2.05, 4.69) is 18.7 Å². The zero-order valence-electron chi connectivity index (χ0n) is 18.9. The van der Waals surface area contributed by atoms with Gasteiger partial charge in [0, 0.05) is 0 Å². The Morgan fingerprint density at radius 2 is 1.48 bits per heavy atom. The fourth-order valence-corrected chi connectivity index (χ4v) is 1.67. The van der Waals surface area contributed by atoms with Gasteiger partial charge in [-0.3, -0.25) is 4.79 Å². The van der Waals surface area contributed by atoms with Gasteiger partial charge in [0.2, 0.25) is 0 Å². The Morgan fingerprint density at radius 3 is 1.85 bits per heavy atom. The summed E-state index contributed by atoms with van der Waals surface area (Å²) in [4.78, 5) is 31.7. The normalized spacial score (nSPS) is 14.0. The molecule has 0 saturated carbocycles. The van der Waals surface area contributed by atoms with Gasteiger partial charge in [-0.15, -0.1) is 0 Å². The summed E-state index contributed by atoms with van der Waals surface area (Å²) < 4.78 is 5.50. The molecule has 0 aromatic rings. The maximum absolute atomic E-state index is 11.8. The zero-order chi connectivity index (χ0) is 21.7. The van der Waals surface area contributed by atoms with Crippen molar-refractivity contribution in [2.75, 3.05) is 0 Å². The quantitative estimate of drug-likeness (QED) is 0.268. The zero-order valence-corrected chi connectivity index (χ0v) is 18.9. The highest BCUT2D eigenvalue weighted by atomic mass is 17.2. The fourth-order valence-electron chi connectivity index (χ4n) is 1.67. The van der Waals surface area contributed by atoms with E-state index in [4.69, 9.17) is 14.7 Å². The number of carbonyl (C=O) groups is 2. The summed E-state index contributed by atoms with van der Waals surface area (Å²) >= 11 is 0. The van der Waals surface area contributed by atoms with Crippen LogP contribution in [-0.2, 0) is 24.1 Å². The van der Waals surface area contributed by atoms with Crippen LogP contribution in [0.15, 0.2) is 0 Å². The van der Waals surface area contributed by atoms with Gasteiger partial charge in [0.05, 0.1) is 11.5 Å². The molecule has 0 radical (unpaired) electrons. The Morgan fingerprint density at radius 1 is 0.963 bits per heavy atom. The minimum absolute atomic E-state index is 0.0159. The van der Waals surface area contributed by atoms with E-state index in [1.54, 1.807) is 0 Å². The summed E-state index contributed by atoms with van der Waals surface area (Å²) in [6, 6.07) is 0. The van der Waals surface area contributed by atoms with Crippen molar-refractivity contribution in [2.45, 2.75) is 118 Å². The van der Waals surface area contributed by atoms with Crippen molar-refractivity contribution in [2.24, 2.45) is 5.92 Å². The molecular formula is C21H42O6. The fraction of sp³-hybridized carbons (Fsp3) is 0.905. The molecule has 0 amide bonds. The lowest BCUT2D eigenvalue weighted by atomic mass is 9.99. The largest absolute Gasteiger partial charge is 0.479 e. The number of ether oxygens (including phenoxy) is 1. The standard InChI is InChI=1S/C13H26O2.C8H16O4/c1-6-9-10-11(7-2)12(14)15-13(4,5)8-3;1-5-8(3,4)12-11-6(2)7(9)10/h11H,6-10H2,1-5H3;6H,5H2,1-4H3,(H,9,10). The van der Waals surface area contributed by atoms with Gasteiger partial charge in [-0.2, -0.15) is 0 Å². The second-order valence-electron chi connectivity index (χ2n) is 8.06. The summed E-state index contributed by atoms with van der Waals surface area (Å²) in [5.74, 6) is -0.949. The van der Waals surface area contributed by atoms with Gasteiger partial charge < -0.3 is 9.84 Å². The van der Waals surface area contributed by atoms with E-state index in [1.165, 1.54) is 6.92 Å². The van der Waals surface area contributed by atoms with Crippen molar-refractivity contribution >= 4 is 11.9 Å². The molecule has 27 heavy (non-hydrogen) atoms. The monoisotopic (exact) mass is 390 g/mol. The molecular weight excluding hydrogens is 348 g/mol. The van der Waals surface area contributed by atoms with Crippen LogP contribution in [0.2, 0.25) is 0 Å². The first-order valence-corrected chi connectivity index (χ1v) is 10.2. The minimum Gasteiger partial charge on any atom is -0.479 e. The SMILES string of the molecule is CCC(C)(C)OOC(C)C(=O)O.CCCCC(CC)C(=O)OC(C)(C)CC. The van der Waals surface area contributed by atoms with E-state index in [1.807, 2.05) is 41.5 Å². The summed E-state index contributed by atoms with van der Waals surface area (Å²) in [6.45, 7) is 17.2. The van der Waals surface area contributed by atoms with Crippen LogP contribution in [0, 0.1) is 5.92 Å². The van der Waals surface area contributed by atoms with Gasteiger partial charge >= 0.3 is 11.9 Å². The minimum atomic E-state index is -1.03. The third kappa shape index (κ3) is 14.6. The van der Waals surface area contributed by atoms with Crippen molar-refractivity contribution in [3.8, 4) is 0 Å². The van der Waals surface area contributed by atoms with Crippen LogP contribution >= 0.6 is 0 Å². The Labute approximate surface area is 165 Å². The van der Waals surface area contributed by atoms with Gasteiger partial charge in [-0.25, -0.2) is 14.6 Å². The van der Waals surface area contributed by atoms with Crippen LogP contribution in [0.3, 0.4) is 0 Å². The lowest BCUT2D eigenvalue weighted by molar-refractivity contribution is -0.369. The van der Waals surface area contributed by atoms with Gasteiger partial charge in [-0.05, 0) is 60.3 Å². The second-order valence-corrected chi connectivity index (χ2v) is 8.06.